The number of rotatable bonds is 2. The third-order valence-corrected chi connectivity index (χ3v) is 1.87. The zero-order valence-electron chi connectivity index (χ0n) is 7.27. The fourth-order valence-electron chi connectivity index (χ4n) is 1.15. The summed E-state index contributed by atoms with van der Waals surface area (Å²) in [5.41, 5.74) is 0.742. The van der Waals surface area contributed by atoms with Gasteiger partial charge in [-0.25, -0.2) is 8.78 Å². The summed E-state index contributed by atoms with van der Waals surface area (Å²) < 4.78 is 25.5. The molecule has 12 heavy (non-hydrogen) atoms. The molecule has 0 aliphatic carbocycles. The number of halogens is 2. The van der Waals surface area contributed by atoms with E-state index in [1.54, 1.807) is 12.1 Å². The van der Waals surface area contributed by atoms with Crippen molar-refractivity contribution < 1.29 is 8.78 Å². The smallest absolute Gasteiger partial charge is 0.132 e. The van der Waals surface area contributed by atoms with Gasteiger partial charge in [0.15, 0.2) is 0 Å². The van der Waals surface area contributed by atoms with Crippen LogP contribution in [-0.2, 0) is 6.67 Å². The van der Waals surface area contributed by atoms with Crippen molar-refractivity contribution >= 4 is 0 Å². The number of benzene rings is 1. The topological polar surface area (TPSA) is 0 Å². The highest BCUT2D eigenvalue weighted by Crippen LogP contribution is 2.21. The lowest BCUT2D eigenvalue weighted by molar-refractivity contribution is 0.460. The zero-order valence-corrected chi connectivity index (χ0v) is 7.27. The van der Waals surface area contributed by atoms with Crippen molar-refractivity contribution in [3.8, 4) is 0 Å². The van der Waals surface area contributed by atoms with Crippen LogP contribution in [0.5, 0.6) is 0 Å². The van der Waals surface area contributed by atoms with E-state index in [0.717, 1.165) is 0 Å². The van der Waals surface area contributed by atoms with E-state index in [1.807, 2.05) is 13.8 Å². The van der Waals surface area contributed by atoms with Gasteiger partial charge in [0.2, 0.25) is 0 Å². The van der Waals surface area contributed by atoms with Crippen LogP contribution < -0.4 is 0 Å². The van der Waals surface area contributed by atoms with Crippen LogP contribution in [0.2, 0.25) is 0 Å². The van der Waals surface area contributed by atoms with E-state index >= 15 is 0 Å². The number of hydrogen-bond acceptors (Lipinski definition) is 0. The molecule has 0 aliphatic rings. The van der Waals surface area contributed by atoms with Crippen LogP contribution in [0.25, 0.3) is 0 Å². The predicted molar refractivity (Wildman–Crippen MR) is 45.3 cm³/mol. The summed E-state index contributed by atoms with van der Waals surface area (Å²) in [6.45, 7) is 3.05. The Hall–Kier alpha value is -0.920. The van der Waals surface area contributed by atoms with Crippen LogP contribution in [0, 0.1) is 5.82 Å². The lowest BCUT2D eigenvalue weighted by Gasteiger charge is -2.08. The second kappa shape index (κ2) is 3.65. The van der Waals surface area contributed by atoms with Crippen LogP contribution in [-0.4, -0.2) is 0 Å². The lowest BCUT2D eigenvalue weighted by Crippen LogP contribution is -1.96. The minimum absolute atomic E-state index is 0.108. The van der Waals surface area contributed by atoms with Crippen LogP contribution in [0.3, 0.4) is 0 Å². The van der Waals surface area contributed by atoms with Gasteiger partial charge < -0.3 is 0 Å². The molecule has 0 atom stereocenters. The third-order valence-electron chi connectivity index (χ3n) is 1.87. The maximum Gasteiger partial charge on any atom is 0.132 e. The molecule has 0 nitrogen and oxygen atoms in total. The first-order chi connectivity index (χ1) is 5.66. The first-order valence-corrected chi connectivity index (χ1v) is 4.00. The van der Waals surface area contributed by atoms with Gasteiger partial charge >= 0.3 is 0 Å². The second-order valence-electron chi connectivity index (χ2n) is 3.11. The molecule has 2 heteroatoms. The lowest BCUT2D eigenvalue weighted by atomic mass is 10.0. The Morgan fingerprint density at radius 2 is 2.00 bits per heavy atom. The summed E-state index contributed by atoms with van der Waals surface area (Å²) in [7, 11) is 0. The molecular weight excluding hydrogens is 158 g/mol. The summed E-state index contributed by atoms with van der Waals surface area (Å²) >= 11 is 0. The largest absolute Gasteiger partial charge is 0.246 e. The molecule has 66 valence electrons. The van der Waals surface area contributed by atoms with Crippen molar-refractivity contribution in [3.63, 3.8) is 0 Å². The molecule has 0 amide bonds. The molecule has 1 aromatic carbocycles. The molecule has 0 saturated heterocycles. The molecule has 0 fully saturated rings. The molecule has 0 aliphatic heterocycles. The maximum atomic E-state index is 13.3. The van der Waals surface area contributed by atoms with Crippen molar-refractivity contribution in [2.75, 3.05) is 0 Å². The molecule has 0 unspecified atom stereocenters. The SMILES string of the molecule is CC(C)c1cccc(CF)c1F. The maximum absolute atomic E-state index is 13.3. The Kier molecular flexibility index (Phi) is 2.79. The molecule has 0 aromatic heterocycles. The Bertz CT molecular complexity index is 267. The first kappa shape index (κ1) is 9.17. The fraction of sp³-hybridized carbons (Fsp3) is 0.400. The van der Waals surface area contributed by atoms with Gasteiger partial charge in [0, 0.05) is 5.56 Å². The zero-order chi connectivity index (χ0) is 9.14. The monoisotopic (exact) mass is 170 g/mol. The van der Waals surface area contributed by atoms with E-state index in [2.05, 4.69) is 0 Å². The Morgan fingerprint density at radius 1 is 1.33 bits per heavy atom. The van der Waals surface area contributed by atoms with Crippen LogP contribution >= 0.6 is 0 Å². The molecule has 1 rings (SSSR count). The Morgan fingerprint density at radius 3 is 2.50 bits per heavy atom. The van der Waals surface area contributed by atoms with Crippen molar-refractivity contribution in [2.45, 2.75) is 26.4 Å². The highest BCUT2D eigenvalue weighted by molar-refractivity contribution is 5.27. The Balaban J connectivity index is 3.14. The van der Waals surface area contributed by atoms with E-state index in [1.165, 1.54) is 6.07 Å². The minimum atomic E-state index is -0.730. The average Bonchev–Trinajstić information content (AvgIpc) is 2.04. The van der Waals surface area contributed by atoms with Crippen molar-refractivity contribution in [1.29, 1.82) is 0 Å². The van der Waals surface area contributed by atoms with Crippen molar-refractivity contribution in [2.24, 2.45) is 0 Å². The van der Waals surface area contributed by atoms with Crippen LogP contribution in [0.4, 0.5) is 8.78 Å². The van der Waals surface area contributed by atoms with Crippen LogP contribution in [0.15, 0.2) is 18.2 Å². The van der Waals surface area contributed by atoms with Gasteiger partial charge in [-0.3, -0.25) is 0 Å². The fourth-order valence-corrected chi connectivity index (χ4v) is 1.15. The van der Waals surface area contributed by atoms with E-state index in [4.69, 9.17) is 0 Å². The highest BCUT2D eigenvalue weighted by Gasteiger charge is 2.09. The first-order valence-electron chi connectivity index (χ1n) is 4.00. The summed E-state index contributed by atoms with van der Waals surface area (Å²) in [5.74, 6) is -0.286. The van der Waals surface area contributed by atoms with Gasteiger partial charge in [-0.1, -0.05) is 32.0 Å². The number of hydrogen-bond donors (Lipinski definition) is 0. The van der Waals surface area contributed by atoms with E-state index in [0.29, 0.717) is 5.56 Å². The molecule has 1 aromatic rings. The van der Waals surface area contributed by atoms with Gasteiger partial charge in [-0.15, -0.1) is 0 Å². The van der Waals surface area contributed by atoms with Gasteiger partial charge in [-0.05, 0) is 11.5 Å². The summed E-state index contributed by atoms with van der Waals surface area (Å²) in [5, 5.41) is 0. The van der Waals surface area contributed by atoms with Gasteiger partial charge in [-0.2, -0.15) is 0 Å². The van der Waals surface area contributed by atoms with Gasteiger partial charge in [0.25, 0.3) is 0 Å². The Labute approximate surface area is 71.2 Å². The van der Waals surface area contributed by atoms with Gasteiger partial charge in [0.05, 0.1) is 0 Å². The standard InChI is InChI=1S/C10H12F2/c1-7(2)9-5-3-4-8(6-11)10(9)12/h3-5,7H,6H2,1-2H3. The quantitative estimate of drug-likeness (QED) is 0.638. The normalized spacial score (nSPS) is 10.8. The molecule has 0 heterocycles. The predicted octanol–water partition coefficient (Wildman–Crippen LogP) is 3.42. The van der Waals surface area contributed by atoms with E-state index in [9.17, 15) is 8.78 Å². The number of alkyl halides is 1. The van der Waals surface area contributed by atoms with Crippen molar-refractivity contribution in [1.82, 2.24) is 0 Å². The molecule has 0 N–H and O–H groups in total. The molecule has 0 bridgehead atoms. The van der Waals surface area contributed by atoms with Crippen molar-refractivity contribution in [3.05, 3.63) is 35.1 Å². The average molecular weight is 170 g/mol. The molecule has 0 saturated carbocycles. The van der Waals surface area contributed by atoms with E-state index in [-0.39, 0.29) is 11.5 Å². The van der Waals surface area contributed by atoms with E-state index < -0.39 is 12.5 Å². The molecule has 0 radical (unpaired) electrons. The molecular formula is C10H12F2. The second-order valence-corrected chi connectivity index (χ2v) is 3.11. The summed E-state index contributed by atoms with van der Waals surface area (Å²) in [4.78, 5) is 0. The van der Waals surface area contributed by atoms with Crippen LogP contribution in [0.1, 0.15) is 30.9 Å². The minimum Gasteiger partial charge on any atom is -0.246 e. The highest BCUT2D eigenvalue weighted by atomic mass is 19.1. The third kappa shape index (κ3) is 1.63. The summed E-state index contributed by atoms with van der Waals surface area (Å²) in [6, 6.07) is 4.85. The molecule has 0 spiro atoms. The summed E-state index contributed by atoms with van der Waals surface area (Å²) in [6.07, 6.45) is 0. The van der Waals surface area contributed by atoms with Gasteiger partial charge in [0.1, 0.15) is 12.5 Å².